The van der Waals surface area contributed by atoms with Crippen molar-refractivity contribution in [3.63, 3.8) is 0 Å². The van der Waals surface area contributed by atoms with Crippen LogP contribution in [0.5, 0.6) is 0 Å². The molecule has 0 aromatic heterocycles. The molecule has 0 unspecified atom stereocenters. The lowest BCUT2D eigenvalue weighted by Gasteiger charge is -2.50. The smallest absolute Gasteiger partial charge is 0.236 e. The lowest BCUT2D eigenvalue weighted by molar-refractivity contribution is -0.137. The average molecular weight is 417 g/mol. The minimum atomic E-state index is -0.341. The summed E-state index contributed by atoms with van der Waals surface area (Å²) in [5.41, 5.74) is 2.90. The van der Waals surface area contributed by atoms with E-state index in [-0.39, 0.29) is 24.0 Å². The lowest BCUT2D eigenvalue weighted by Crippen LogP contribution is -2.60. The molecular formula is C25H21ClN2O2. The Morgan fingerprint density at radius 3 is 2.13 bits per heavy atom. The summed E-state index contributed by atoms with van der Waals surface area (Å²) in [5.74, 6) is -0.250. The van der Waals surface area contributed by atoms with Gasteiger partial charge in [0.05, 0.1) is 24.2 Å². The molecule has 0 N–H and O–H groups in total. The molecule has 3 atom stereocenters. The number of hydrogen-bond acceptors (Lipinski definition) is 3. The highest BCUT2D eigenvalue weighted by Gasteiger charge is 2.53. The number of rotatable bonds is 4. The van der Waals surface area contributed by atoms with Crippen LogP contribution in [0.2, 0.25) is 5.02 Å². The van der Waals surface area contributed by atoms with Crippen molar-refractivity contribution in [3.05, 3.63) is 108 Å². The van der Waals surface area contributed by atoms with Crippen molar-refractivity contribution in [1.82, 2.24) is 0 Å². The fraction of sp³-hybridized carbons (Fsp3) is 0.160. The fourth-order valence-corrected chi connectivity index (χ4v) is 4.31. The Morgan fingerprint density at radius 1 is 0.833 bits per heavy atom. The third kappa shape index (κ3) is 3.38. The SMILES string of the molecule is O=C1[C@@H]([C@H]2C=CCN(c3ccccc3)O2)[C@H](c2ccc(Cl)cc2)N1c1ccccc1. The van der Waals surface area contributed by atoms with Crippen LogP contribution >= 0.6 is 11.6 Å². The summed E-state index contributed by atoms with van der Waals surface area (Å²) in [4.78, 5) is 21.5. The van der Waals surface area contributed by atoms with Gasteiger partial charge in [-0.25, -0.2) is 5.06 Å². The van der Waals surface area contributed by atoms with E-state index < -0.39 is 0 Å². The zero-order valence-electron chi connectivity index (χ0n) is 16.3. The monoisotopic (exact) mass is 416 g/mol. The molecule has 5 rings (SSSR count). The topological polar surface area (TPSA) is 32.8 Å². The quantitative estimate of drug-likeness (QED) is 0.420. The molecule has 1 amide bonds. The van der Waals surface area contributed by atoms with E-state index in [9.17, 15) is 4.79 Å². The van der Waals surface area contributed by atoms with Crippen LogP contribution in [0.3, 0.4) is 0 Å². The first-order valence-corrected chi connectivity index (χ1v) is 10.4. The van der Waals surface area contributed by atoms with Crippen molar-refractivity contribution < 1.29 is 9.63 Å². The first kappa shape index (κ1) is 18.9. The molecule has 2 heterocycles. The maximum Gasteiger partial charge on any atom is 0.236 e. The molecule has 30 heavy (non-hydrogen) atoms. The van der Waals surface area contributed by atoms with E-state index in [4.69, 9.17) is 16.4 Å². The summed E-state index contributed by atoms with van der Waals surface area (Å²) in [6, 6.07) is 27.3. The van der Waals surface area contributed by atoms with Crippen LogP contribution in [-0.2, 0) is 9.63 Å². The van der Waals surface area contributed by atoms with Crippen molar-refractivity contribution in [2.24, 2.45) is 5.92 Å². The third-order valence-corrected chi connectivity index (χ3v) is 5.88. The third-order valence-electron chi connectivity index (χ3n) is 5.63. The molecule has 150 valence electrons. The molecule has 3 aromatic rings. The second kappa shape index (κ2) is 7.98. The predicted octanol–water partition coefficient (Wildman–Crippen LogP) is 5.42. The number of carbonyl (C=O) groups is 1. The van der Waals surface area contributed by atoms with Gasteiger partial charge in [0.25, 0.3) is 0 Å². The van der Waals surface area contributed by atoms with Gasteiger partial charge in [0.2, 0.25) is 5.91 Å². The molecule has 0 saturated carbocycles. The standard InChI is InChI=1S/C25H21ClN2O2/c26-19-15-13-18(14-16-19)24-23(25(29)28(24)21-10-5-2-6-11-21)22-12-7-17-27(30-22)20-8-3-1-4-9-20/h1-16,22-24H,17H2/t22-,23+,24+/m1/s1. The average Bonchev–Trinajstić information content (AvgIpc) is 2.80. The van der Waals surface area contributed by atoms with E-state index in [0.717, 1.165) is 16.9 Å². The molecule has 0 aliphatic carbocycles. The molecule has 0 bridgehead atoms. The van der Waals surface area contributed by atoms with E-state index in [1.165, 1.54) is 0 Å². The van der Waals surface area contributed by atoms with Crippen LogP contribution in [0, 0.1) is 5.92 Å². The van der Waals surface area contributed by atoms with E-state index in [1.54, 1.807) is 0 Å². The van der Waals surface area contributed by atoms with Gasteiger partial charge in [0.15, 0.2) is 0 Å². The van der Waals surface area contributed by atoms with Gasteiger partial charge in [0.1, 0.15) is 6.10 Å². The maximum absolute atomic E-state index is 13.3. The van der Waals surface area contributed by atoms with Gasteiger partial charge in [-0.2, -0.15) is 0 Å². The predicted molar refractivity (Wildman–Crippen MR) is 119 cm³/mol. The van der Waals surface area contributed by atoms with Crippen LogP contribution < -0.4 is 9.96 Å². The first-order valence-electron chi connectivity index (χ1n) is 10.0. The maximum atomic E-state index is 13.3. The number of β-lactam (4-membered cyclic amide) rings is 1. The molecule has 1 saturated heterocycles. The highest BCUT2D eigenvalue weighted by Crippen LogP contribution is 2.46. The Bertz CT molecular complexity index is 1050. The Kier molecular flexibility index (Phi) is 5.03. The van der Waals surface area contributed by atoms with Crippen molar-refractivity contribution in [1.29, 1.82) is 0 Å². The number of hydroxylamine groups is 1. The number of hydrogen-bond donors (Lipinski definition) is 0. The van der Waals surface area contributed by atoms with Crippen LogP contribution in [0.1, 0.15) is 11.6 Å². The molecule has 0 spiro atoms. The van der Waals surface area contributed by atoms with Gasteiger partial charge < -0.3 is 4.90 Å². The van der Waals surface area contributed by atoms with Gasteiger partial charge >= 0.3 is 0 Å². The Morgan fingerprint density at radius 2 is 1.47 bits per heavy atom. The van der Waals surface area contributed by atoms with Crippen molar-refractivity contribution >= 4 is 28.9 Å². The minimum absolute atomic E-state index is 0.0608. The molecule has 2 aliphatic rings. The fourth-order valence-electron chi connectivity index (χ4n) is 4.19. The largest absolute Gasteiger partial charge is 0.304 e. The Balaban J connectivity index is 1.47. The van der Waals surface area contributed by atoms with Gasteiger partial charge in [-0.1, -0.05) is 72.3 Å². The summed E-state index contributed by atoms with van der Waals surface area (Å²) in [6.45, 7) is 0.648. The number of halogens is 1. The molecule has 3 aromatic carbocycles. The molecule has 2 aliphatic heterocycles. The number of amides is 1. The van der Waals surface area contributed by atoms with Crippen LogP contribution in [-0.4, -0.2) is 18.6 Å². The van der Waals surface area contributed by atoms with Gasteiger partial charge in [0, 0.05) is 10.7 Å². The summed E-state index contributed by atoms with van der Waals surface area (Å²) < 4.78 is 0. The van der Waals surface area contributed by atoms with E-state index in [1.807, 2.05) is 101 Å². The van der Waals surface area contributed by atoms with Gasteiger partial charge in [-0.3, -0.25) is 9.63 Å². The summed E-state index contributed by atoms with van der Waals surface area (Å²) in [6.07, 6.45) is 3.73. The van der Waals surface area contributed by atoms with Crippen LogP contribution in [0.4, 0.5) is 11.4 Å². The highest BCUT2D eigenvalue weighted by atomic mass is 35.5. The number of benzene rings is 3. The normalized spacial score (nSPS) is 23.4. The first-order chi connectivity index (χ1) is 14.7. The molecule has 5 heteroatoms. The number of nitrogens with zero attached hydrogens (tertiary/aromatic N) is 2. The van der Waals surface area contributed by atoms with Crippen LogP contribution in [0.15, 0.2) is 97.1 Å². The molecular weight excluding hydrogens is 396 g/mol. The van der Waals surface area contributed by atoms with Crippen LogP contribution in [0.25, 0.3) is 0 Å². The zero-order valence-corrected chi connectivity index (χ0v) is 17.0. The second-order valence-corrected chi connectivity index (χ2v) is 7.90. The molecule has 0 radical (unpaired) electrons. The summed E-state index contributed by atoms with van der Waals surface area (Å²) in [7, 11) is 0. The number of para-hydroxylation sites is 2. The summed E-state index contributed by atoms with van der Waals surface area (Å²) in [5, 5.41) is 2.53. The summed E-state index contributed by atoms with van der Waals surface area (Å²) >= 11 is 6.11. The van der Waals surface area contributed by atoms with Gasteiger partial charge in [-0.05, 0) is 42.0 Å². The van der Waals surface area contributed by atoms with Crippen molar-refractivity contribution in [2.75, 3.05) is 16.5 Å². The van der Waals surface area contributed by atoms with Crippen molar-refractivity contribution in [3.8, 4) is 0 Å². The second-order valence-electron chi connectivity index (χ2n) is 7.46. The van der Waals surface area contributed by atoms with E-state index >= 15 is 0 Å². The van der Waals surface area contributed by atoms with E-state index in [0.29, 0.717) is 11.6 Å². The zero-order chi connectivity index (χ0) is 20.5. The minimum Gasteiger partial charge on any atom is -0.304 e. The Labute approximate surface area is 180 Å². The highest BCUT2D eigenvalue weighted by molar-refractivity contribution is 6.30. The van der Waals surface area contributed by atoms with Crippen molar-refractivity contribution in [2.45, 2.75) is 12.1 Å². The molecule has 4 nitrogen and oxygen atoms in total. The number of carbonyl (C=O) groups excluding carboxylic acids is 1. The lowest BCUT2D eigenvalue weighted by atomic mass is 9.78. The molecule has 1 fully saturated rings. The number of anilines is 2. The Hall–Kier alpha value is -3.08. The van der Waals surface area contributed by atoms with Gasteiger partial charge in [-0.15, -0.1) is 0 Å². The van der Waals surface area contributed by atoms with E-state index in [2.05, 4.69) is 6.08 Å².